The Morgan fingerprint density at radius 2 is 1.52 bits per heavy atom. The average Bonchev–Trinajstić information content (AvgIpc) is 3.24. The highest BCUT2D eigenvalue weighted by Crippen LogP contribution is 2.45. The van der Waals surface area contributed by atoms with Gasteiger partial charge in [-0.05, 0) is 36.8 Å². The summed E-state index contributed by atoms with van der Waals surface area (Å²) in [5, 5.41) is -0.415. The van der Waals surface area contributed by atoms with Crippen molar-refractivity contribution < 1.29 is 19.1 Å². The molecule has 0 amide bonds. The van der Waals surface area contributed by atoms with E-state index in [0.29, 0.717) is 17.5 Å². The van der Waals surface area contributed by atoms with Gasteiger partial charge in [0.1, 0.15) is 12.4 Å². The van der Waals surface area contributed by atoms with Gasteiger partial charge in [0.05, 0.1) is 23.1 Å². The molecule has 0 spiro atoms. The number of hydrogen-bond acceptors (Lipinski definition) is 8. The maximum absolute atomic E-state index is 12.4. The fraction of sp³-hybridized carbons (Fsp3) is 0.250. The monoisotopic (exact) mass is 465 g/mol. The third kappa shape index (κ3) is 5.61. The minimum absolute atomic E-state index is 0.124. The predicted octanol–water partition coefficient (Wildman–Crippen LogP) is 3.16. The van der Waals surface area contributed by atoms with Crippen LogP contribution in [0.5, 0.6) is 0 Å². The number of thioether (sulfide) groups is 1. The number of esters is 2. The molecular weight excluding hydrogens is 442 g/mol. The van der Waals surface area contributed by atoms with Gasteiger partial charge in [-0.2, -0.15) is 4.98 Å². The second-order valence-corrected chi connectivity index (χ2v) is 9.02. The Morgan fingerprint density at radius 3 is 2.09 bits per heavy atom. The quantitative estimate of drug-likeness (QED) is 0.530. The van der Waals surface area contributed by atoms with Crippen LogP contribution in [-0.2, 0) is 9.47 Å². The van der Waals surface area contributed by atoms with Crippen molar-refractivity contribution in [3.63, 3.8) is 0 Å². The van der Waals surface area contributed by atoms with E-state index >= 15 is 0 Å². The van der Waals surface area contributed by atoms with Crippen LogP contribution in [0.1, 0.15) is 32.5 Å². The third-order valence-corrected chi connectivity index (χ3v) is 6.95. The number of carbonyl (C=O) groups is 2. The summed E-state index contributed by atoms with van der Waals surface area (Å²) in [5.41, 5.74) is 6.08. The molecule has 1 saturated heterocycles. The SMILES string of the molecule is Nc1ccn([C@@H]2C[C@H](COC(=O)c3ccccc3)[C@@H](COC(=O)c3ccccc3)S2)c(=O)n1. The highest BCUT2D eigenvalue weighted by molar-refractivity contribution is 8.00. The van der Waals surface area contributed by atoms with Crippen molar-refractivity contribution in [3.05, 3.63) is 94.5 Å². The number of hydrogen-bond donors (Lipinski definition) is 1. The molecule has 33 heavy (non-hydrogen) atoms. The number of benzene rings is 2. The molecule has 0 saturated carbocycles. The molecule has 3 aromatic rings. The first kappa shape index (κ1) is 22.6. The Bertz CT molecular complexity index is 1110. The van der Waals surface area contributed by atoms with Crippen LogP contribution in [0, 0.1) is 5.92 Å². The fourth-order valence-electron chi connectivity index (χ4n) is 3.61. The molecule has 1 aromatic heterocycles. The van der Waals surface area contributed by atoms with E-state index in [-0.39, 0.29) is 35.6 Å². The molecule has 2 aromatic carbocycles. The molecule has 0 unspecified atom stereocenters. The zero-order valence-electron chi connectivity index (χ0n) is 17.7. The summed E-state index contributed by atoms with van der Waals surface area (Å²) >= 11 is 1.49. The Labute approximate surface area is 194 Å². The molecule has 4 rings (SSSR count). The molecule has 8 nitrogen and oxygen atoms in total. The Morgan fingerprint density at radius 1 is 0.939 bits per heavy atom. The van der Waals surface area contributed by atoms with E-state index in [9.17, 15) is 14.4 Å². The molecule has 0 radical (unpaired) electrons. The van der Waals surface area contributed by atoms with Crippen molar-refractivity contribution in [2.45, 2.75) is 17.0 Å². The van der Waals surface area contributed by atoms with E-state index < -0.39 is 17.6 Å². The molecule has 9 heteroatoms. The highest BCUT2D eigenvalue weighted by Gasteiger charge is 2.38. The maximum atomic E-state index is 12.4. The molecule has 2 heterocycles. The summed E-state index contributed by atoms with van der Waals surface area (Å²) in [7, 11) is 0. The average molecular weight is 466 g/mol. The maximum Gasteiger partial charge on any atom is 0.350 e. The van der Waals surface area contributed by atoms with Gasteiger partial charge in [-0.3, -0.25) is 4.57 Å². The van der Waals surface area contributed by atoms with E-state index in [2.05, 4.69) is 4.98 Å². The Balaban J connectivity index is 1.46. The van der Waals surface area contributed by atoms with Gasteiger partial charge in [0.2, 0.25) is 0 Å². The first-order valence-corrected chi connectivity index (χ1v) is 11.4. The molecule has 0 bridgehead atoms. The molecule has 1 aliphatic rings. The lowest BCUT2D eigenvalue weighted by molar-refractivity contribution is 0.0365. The van der Waals surface area contributed by atoms with E-state index in [1.165, 1.54) is 16.3 Å². The molecule has 1 fully saturated rings. The standard InChI is InChI=1S/C24H23N3O5S/c25-20-11-12-27(24(30)26-20)21-13-18(14-31-22(28)16-7-3-1-4-8-16)19(33-21)15-32-23(29)17-9-5-2-6-10-17/h1-12,18-19,21H,13-15H2,(H2,25,26,30)/t18-,19-,21+/m1/s1. The van der Waals surface area contributed by atoms with Crippen LogP contribution in [0.2, 0.25) is 0 Å². The van der Waals surface area contributed by atoms with Crippen LogP contribution in [0.4, 0.5) is 5.82 Å². The number of anilines is 1. The van der Waals surface area contributed by atoms with E-state index in [0.717, 1.165) is 0 Å². The molecular formula is C24H23N3O5S. The van der Waals surface area contributed by atoms with Crippen molar-refractivity contribution in [1.82, 2.24) is 9.55 Å². The van der Waals surface area contributed by atoms with Crippen molar-refractivity contribution in [1.29, 1.82) is 0 Å². The minimum Gasteiger partial charge on any atom is -0.462 e. The van der Waals surface area contributed by atoms with Crippen molar-refractivity contribution >= 4 is 29.5 Å². The first-order valence-electron chi connectivity index (χ1n) is 10.5. The largest absolute Gasteiger partial charge is 0.462 e. The second-order valence-electron chi connectivity index (χ2n) is 7.60. The summed E-state index contributed by atoms with van der Waals surface area (Å²) in [5.74, 6) is -0.817. The number of nitrogen functional groups attached to an aromatic ring is 1. The summed E-state index contributed by atoms with van der Waals surface area (Å²) in [6.07, 6.45) is 2.15. The normalized spacial score (nSPS) is 19.7. The zero-order valence-corrected chi connectivity index (χ0v) is 18.5. The highest BCUT2D eigenvalue weighted by atomic mass is 32.2. The molecule has 3 atom stereocenters. The van der Waals surface area contributed by atoms with Crippen LogP contribution in [0.3, 0.4) is 0 Å². The van der Waals surface area contributed by atoms with Gasteiger partial charge in [0.15, 0.2) is 0 Å². The predicted molar refractivity (Wildman–Crippen MR) is 125 cm³/mol. The topological polar surface area (TPSA) is 114 Å². The van der Waals surface area contributed by atoms with E-state index in [1.54, 1.807) is 60.8 Å². The molecule has 2 N–H and O–H groups in total. The number of nitrogens with zero attached hydrogens (tertiary/aromatic N) is 2. The van der Waals surface area contributed by atoms with Crippen molar-refractivity contribution in [2.75, 3.05) is 18.9 Å². The lowest BCUT2D eigenvalue weighted by Gasteiger charge is -2.18. The lowest BCUT2D eigenvalue weighted by atomic mass is 10.0. The molecule has 1 aliphatic heterocycles. The lowest BCUT2D eigenvalue weighted by Crippen LogP contribution is -2.26. The summed E-state index contributed by atoms with van der Waals surface area (Å²) in [4.78, 5) is 40.9. The zero-order chi connectivity index (χ0) is 23.2. The second kappa shape index (κ2) is 10.4. The minimum atomic E-state index is -0.450. The van der Waals surface area contributed by atoms with Gasteiger partial charge in [-0.15, -0.1) is 11.8 Å². The van der Waals surface area contributed by atoms with Gasteiger partial charge < -0.3 is 15.2 Å². The fourth-order valence-corrected chi connectivity index (χ4v) is 5.22. The van der Waals surface area contributed by atoms with Crippen LogP contribution in [0.25, 0.3) is 0 Å². The first-order chi connectivity index (χ1) is 16.0. The van der Waals surface area contributed by atoms with E-state index in [1.807, 2.05) is 12.1 Å². The van der Waals surface area contributed by atoms with Crippen LogP contribution in [-0.4, -0.2) is 40.0 Å². The summed E-state index contributed by atoms with van der Waals surface area (Å²) in [6, 6.07) is 19.0. The van der Waals surface area contributed by atoms with Crippen LogP contribution in [0.15, 0.2) is 77.7 Å². The number of nitrogens with two attached hydrogens (primary N) is 1. The van der Waals surface area contributed by atoms with Crippen LogP contribution < -0.4 is 11.4 Å². The van der Waals surface area contributed by atoms with Gasteiger partial charge in [-0.1, -0.05) is 36.4 Å². The Kier molecular flexibility index (Phi) is 7.09. The number of aromatic nitrogens is 2. The van der Waals surface area contributed by atoms with Gasteiger partial charge in [0.25, 0.3) is 0 Å². The molecule has 170 valence electrons. The Hall–Kier alpha value is -3.59. The number of rotatable bonds is 7. The van der Waals surface area contributed by atoms with Gasteiger partial charge in [-0.25, -0.2) is 14.4 Å². The third-order valence-electron chi connectivity index (χ3n) is 5.35. The smallest absolute Gasteiger partial charge is 0.350 e. The molecule has 0 aliphatic carbocycles. The number of carbonyl (C=O) groups excluding carboxylic acids is 2. The summed E-state index contributed by atoms with van der Waals surface area (Å²) in [6.45, 7) is 0.265. The van der Waals surface area contributed by atoms with Gasteiger partial charge in [0, 0.05) is 17.4 Å². The number of ether oxygens (including phenoxy) is 2. The van der Waals surface area contributed by atoms with Crippen molar-refractivity contribution in [2.24, 2.45) is 5.92 Å². The summed E-state index contributed by atoms with van der Waals surface area (Å²) < 4.78 is 12.6. The van der Waals surface area contributed by atoms with Gasteiger partial charge >= 0.3 is 17.6 Å². The van der Waals surface area contributed by atoms with Crippen LogP contribution >= 0.6 is 11.8 Å². The van der Waals surface area contributed by atoms with Crippen molar-refractivity contribution in [3.8, 4) is 0 Å². The van der Waals surface area contributed by atoms with E-state index in [4.69, 9.17) is 15.2 Å².